The van der Waals surface area contributed by atoms with Gasteiger partial charge in [-0.2, -0.15) is 0 Å². The Hall–Kier alpha value is -0.830. The fourth-order valence-electron chi connectivity index (χ4n) is 2.04. The Bertz CT molecular complexity index is 403. The molecule has 0 bridgehead atoms. The summed E-state index contributed by atoms with van der Waals surface area (Å²) in [5.74, 6) is 0.0688. The predicted octanol–water partition coefficient (Wildman–Crippen LogP) is 3.21. The molecule has 1 aromatic carbocycles. The first kappa shape index (κ1) is 11.6. The molecular formula is C13H16BrNO. The lowest BCUT2D eigenvalue weighted by molar-refractivity contribution is 0.0946. The number of fused-ring (bicyclic) bond motifs is 1. The summed E-state index contributed by atoms with van der Waals surface area (Å²) in [5, 5.41) is 2.88. The van der Waals surface area contributed by atoms with E-state index in [1.165, 1.54) is 11.1 Å². The molecule has 1 N–H and O–H groups in total. The van der Waals surface area contributed by atoms with Gasteiger partial charge in [0.05, 0.1) is 0 Å². The van der Waals surface area contributed by atoms with Gasteiger partial charge in [0.15, 0.2) is 0 Å². The lowest BCUT2D eigenvalue weighted by atomic mass is 9.96. The van der Waals surface area contributed by atoms with Crippen molar-refractivity contribution in [3.05, 3.63) is 34.9 Å². The molecule has 1 aliphatic rings. The second-order valence-electron chi connectivity index (χ2n) is 4.18. The molecule has 1 amide bonds. The number of nitrogens with one attached hydrogen (secondary N) is 1. The van der Waals surface area contributed by atoms with Gasteiger partial charge < -0.3 is 5.32 Å². The van der Waals surface area contributed by atoms with Crippen LogP contribution < -0.4 is 5.32 Å². The highest BCUT2D eigenvalue weighted by molar-refractivity contribution is 9.09. The van der Waals surface area contributed by atoms with E-state index in [-0.39, 0.29) is 5.91 Å². The van der Waals surface area contributed by atoms with E-state index in [2.05, 4.69) is 40.3 Å². The van der Waals surface area contributed by atoms with Crippen LogP contribution in [0.4, 0.5) is 0 Å². The van der Waals surface area contributed by atoms with Gasteiger partial charge in [-0.1, -0.05) is 41.4 Å². The normalized spacial score (nSPS) is 16.5. The largest absolute Gasteiger partial charge is 0.352 e. The predicted molar refractivity (Wildman–Crippen MR) is 69.1 cm³/mol. The first-order valence-electron chi connectivity index (χ1n) is 5.77. The fourth-order valence-corrected chi connectivity index (χ4v) is 2.79. The molecule has 3 heteroatoms. The van der Waals surface area contributed by atoms with E-state index in [1.54, 1.807) is 0 Å². The quantitative estimate of drug-likeness (QED) is 0.847. The molecule has 86 valence electrons. The van der Waals surface area contributed by atoms with Crippen molar-refractivity contribution in [2.45, 2.75) is 31.0 Å². The summed E-state index contributed by atoms with van der Waals surface area (Å²) in [6, 6.07) is 6.25. The van der Waals surface area contributed by atoms with E-state index in [0.717, 1.165) is 31.4 Å². The number of benzene rings is 1. The fraction of sp³-hybridized carbons (Fsp3) is 0.462. The lowest BCUT2D eigenvalue weighted by Gasteiger charge is -2.18. The molecule has 2 nitrogen and oxygen atoms in total. The molecule has 0 aromatic heterocycles. The second-order valence-corrected chi connectivity index (χ2v) is 5.28. The van der Waals surface area contributed by atoms with Crippen LogP contribution in [0.2, 0.25) is 0 Å². The zero-order valence-corrected chi connectivity index (χ0v) is 11.0. The van der Waals surface area contributed by atoms with Crippen molar-refractivity contribution in [1.82, 2.24) is 5.32 Å². The number of carbonyl (C=O) groups excluding carboxylic acids is 1. The standard InChI is InChI=1S/C13H16BrNO/c1-2-3-12(14)10-5-4-9-6-7-15-13(16)11(9)8-10/h4-5,8,12H,2-3,6-7H2,1H3,(H,15,16). The number of halogens is 1. The molecule has 0 spiro atoms. The summed E-state index contributed by atoms with van der Waals surface area (Å²) < 4.78 is 0. The van der Waals surface area contributed by atoms with Crippen molar-refractivity contribution < 1.29 is 4.79 Å². The van der Waals surface area contributed by atoms with Crippen molar-refractivity contribution in [3.63, 3.8) is 0 Å². The van der Waals surface area contributed by atoms with Gasteiger partial charge >= 0.3 is 0 Å². The van der Waals surface area contributed by atoms with Crippen LogP contribution in [0, 0.1) is 0 Å². The summed E-state index contributed by atoms with van der Waals surface area (Å²) in [6.07, 6.45) is 3.18. The Balaban J connectivity index is 2.30. The first-order chi connectivity index (χ1) is 7.72. The molecule has 0 radical (unpaired) electrons. The summed E-state index contributed by atoms with van der Waals surface area (Å²) in [4.78, 5) is 12.1. The summed E-state index contributed by atoms with van der Waals surface area (Å²) in [6.45, 7) is 2.93. The highest BCUT2D eigenvalue weighted by atomic mass is 79.9. The number of hydrogen-bond acceptors (Lipinski definition) is 1. The van der Waals surface area contributed by atoms with Crippen LogP contribution in [0.5, 0.6) is 0 Å². The molecule has 1 atom stereocenters. The third-order valence-corrected chi connectivity index (χ3v) is 3.95. The van der Waals surface area contributed by atoms with Gasteiger partial charge in [-0.25, -0.2) is 0 Å². The topological polar surface area (TPSA) is 29.1 Å². The van der Waals surface area contributed by atoms with E-state index >= 15 is 0 Å². The van der Waals surface area contributed by atoms with E-state index in [0.29, 0.717) is 4.83 Å². The summed E-state index contributed by atoms with van der Waals surface area (Å²) in [7, 11) is 0. The van der Waals surface area contributed by atoms with Crippen LogP contribution in [-0.2, 0) is 6.42 Å². The molecule has 1 aliphatic heterocycles. The summed E-state index contributed by atoms with van der Waals surface area (Å²) in [5.41, 5.74) is 3.23. The van der Waals surface area contributed by atoms with Gasteiger partial charge in [0.25, 0.3) is 5.91 Å². The zero-order valence-electron chi connectivity index (χ0n) is 9.42. The Morgan fingerprint density at radius 3 is 3.06 bits per heavy atom. The Morgan fingerprint density at radius 2 is 2.31 bits per heavy atom. The molecule has 0 fully saturated rings. The third-order valence-electron chi connectivity index (χ3n) is 2.96. The molecule has 16 heavy (non-hydrogen) atoms. The molecule has 0 aliphatic carbocycles. The van der Waals surface area contributed by atoms with E-state index in [1.807, 2.05) is 6.07 Å². The number of carbonyl (C=O) groups is 1. The lowest BCUT2D eigenvalue weighted by Crippen LogP contribution is -2.31. The molecular weight excluding hydrogens is 266 g/mol. The van der Waals surface area contributed by atoms with Crippen molar-refractivity contribution in [2.75, 3.05) is 6.54 Å². The minimum absolute atomic E-state index is 0.0688. The van der Waals surface area contributed by atoms with E-state index in [4.69, 9.17) is 0 Å². The van der Waals surface area contributed by atoms with Gasteiger partial charge in [0.1, 0.15) is 0 Å². The second kappa shape index (κ2) is 5.00. The van der Waals surface area contributed by atoms with E-state index < -0.39 is 0 Å². The van der Waals surface area contributed by atoms with Gasteiger partial charge in [0.2, 0.25) is 0 Å². The Labute approximate surface area is 105 Å². The number of hydrogen-bond donors (Lipinski definition) is 1. The van der Waals surface area contributed by atoms with Gasteiger partial charge in [-0.3, -0.25) is 4.79 Å². The minimum atomic E-state index is 0.0688. The molecule has 1 aromatic rings. The van der Waals surface area contributed by atoms with Crippen LogP contribution in [0.3, 0.4) is 0 Å². The third kappa shape index (κ3) is 2.29. The van der Waals surface area contributed by atoms with Crippen LogP contribution >= 0.6 is 15.9 Å². The average molecular weight is 282 g/mol. The van der Waals surface area contributed by atoms with Crippen molar-refractivity contribution in [3.8, 4) is 0 Å². The Morgan fingerprint density at radius 1 is 1.50 bits per heavy atom. The SMILES string of the molecule is CCCC(Br)c1ccc2c(c1)C(=O)NCC2. The zero-order chi connectivity index (χ0) is 11.5. The number of alkyl halides is 1. The van der Waals surface area contributed by atoms with Crippen LogP contribution in [0.1, 0.15) is 46.1 Å². The highest BCUT2D eigenvalue weighted by Crippen LogP contribution is 2.29. The van der Waals surface area contributed by atoms with Crippen molar-refractivity contribution in [2.24, 2.45) is 0 Å². The molecule has 0 saturated heterocycles. The maximum Gasteiger partial charge on any atom is 0.251 e. The Kier molecular flexibility index (Phi) is 3.64. The van der Waals surface area contributed by atoms with Crippen LogP contribution in [0.15, 0.2) is 18.2 Å². The average Bonchev–Trinajstić information content (AvgIpc) is 2.29. The molecule has 1 heterocycles. The minimum Gasteiger partial charge on any atom is -0.352 e. The molecule has 2 rings (SSSR count). The summed E-state index contributed by atoms with van der Waals surface area (Å²) >= 11 is 3.66. The first-order valence-corrected chi connectivity index (χ1v) is 6.69. The molecule has 0 saturated carbocycles. The number of rotatable bonds is 3. The van der Waals surface area contributed by atoms with Crippen molar-refractivity contribution in [1.29, 1.82) is 0 Å². The maximum absolute atomic E-state index is 11.7. The maximum atomic E-state index is 11.7. The van der Waals surface area contributed by atoms with E-state index in [9.17, 15) is 4.79 Å². The van der Waals surface area contributed by atoms with Crippen LogP contribution in [-0.4, -0.2) is 12.5 Å². The monoisotopic (exact) mass is 281 g/mol. The van der Waals surface area contributed by atoms with Gasteiger partial charge in [-0.05, 0) is 30.0 Å². The number of amides is 1. The smallest absolute Gasteiger partial charge is 0.251 e. The highest BCUT2D eigenvalue weighted by Gasteiger charge is 2.18. The van der Waals surface area contributed by atoms with Gasteiger partial charge in [-0.15, -0.1) is 0 Å². The van der Waals surface area contributed by atoms with Crippen LogP contribution in [0.25, 0.3) is 0 Å². The van der Waals surface area contributed by atoms with Crippen molar-refractivity contribution >= 4 is 21.8 Å². The van der Waals surface area contributed by atoms with Gasteiger partial charge in [0, 0.05) is 16.9 Å². The molecule has 1 unspecified atom stereocenters.